The molecule has 5 heterocycles. The molecule has 1 atom stereocenters. The number of H-pyrrole nitrogens is 1. The molecule has 2 aliphatic rings. The predicted octanol–water partition coefficient (Wildman–Crippen LogP) is 2.91. The molecule has 0 spiro atoms. The largest absolute Gasteiger partial charge is 0.454 e. The van der Waals surface area contributed by atoms with Crippen molar-refractivity contribution in [3.8, 4) is 22.8 Å². The summed E-state index contributed by atoms with van der Waals surface area (Å²) in [5.74, 6) is 2.40. The van der Waals surface area contributed by atoms with Gasteiger partial charge in [0, 0.05) is 44.7 Å². The van der Waals surface area contributed by atoms with Gasteiger partial charge in [-0.25, -0.2) is 4.98 Å². The lowest BCUT2D eigenvalue weighted by Crippen LogP contribution is -2.38. The van der Waals surface area contributed by atoms with Gasteiger partial charge in [0.15, 0.2) is 28.5 Å². The molecule has 1 unspecified atom stereocenters. The first kappa shape index (κ1) is 23.2. The van der Waals surface area contributed by atoms with E-state index < -0.39 is 6.08 Å². The van der Waals surface area contributed by atoms with E-state index in [1.165, 1.54) is 0 Å². The number of fused-ring (bicyclic) bond motifs is 2. The summed E-state index contributed by atoms with van der Waals surface area (Å²) >= 11 is 0. The summed E-state index contributed by atoms with van der Waals surface area (Å²) in [6, 6.07) is 5.72. The van der Waals surface area contributed by atoms with E-state index in [0.717, 1.165) is 42.6 Å². The molecule has 6 rings (SSSR count). The van der Waals surface area contributed by atoms with Crippen molar-refractivity contribution in [2.75, 3.05) is 25.6 Å². The fraction of sp³-hybridized carbons (Fsp3) is 0.400. The molecule has 37 heavy (non-hydrogen) atoms. The monoisotopic (exact) mass is 506 g/mol. The van der Waals surface area contributed by atoms with Crippen LogP contribution in [-0.2, 0) is 17.8 Å². The van der Waals surface area contributed by atoms with E-state index in [0.29, 0.717) is 53.9 Å². The quantitative estimate of drug-likeness (QED) is 0.381. The number of hydrogen-bond acceptors (Lipinski definition) is 8. The van der Waals surface area contributed by atoms with Crippen LogP contribution in [0.5, 0.6) is 11.5 Å². The van der Waals surface area contributed by atoms with Crippen molar-refractivity contribution >= 4 is 22.9 Å². The number of imidazole rings is 1. The number of rotatable bonds is 6. The number of anilines is 1. The molecule has 1 fully saturated rings. The van der Waals surface area contributed by atoms with E-state index in [2.05, 4.69) is 20.2 Å². The lowest BCUT2D eigenvalue weighted by atomic mass is 9.94. The number of nitrogen functional groups attached to an aromatic ring is 1. The molecular formula is C25H27FN8O3. The highest BCUT2D eigenvalue weighted by Gasteiger charge is 2.25. The normalized spacial score (nSPS) is 17.0. The predicted molar refractivity (Wildman–Crippen MR) is 132 cm³/mol. The number of benzene rings is 1. The van der Waals surface area contributed by atoms with Crippen molar-refractivity contribution in [2.45, 2.75) is 39.2 Å². The van der Waals surface area contributed by atoms with Gasteiger partial charge in [0.25, 0.3) is 0 Å². The second-order valence-corrected chi connectivity index (χ2v) is 9.49. The molecule has 3 aromatic heterocycles. The first-order valence-corrected chi connectivity index (χ1v) is 12.3. The number of ether oxygens (including phenoxy) is 2. The maximum absolute atomic E-state index is 14.2. The lowest BCUT2D eigenvalue weighted by Gasteiger charge is -2.32. The van der Waals surface area contributed by atoms with Gasteiger partial charge in [-0.2, -0.15) is 19.5 Å². The Hall–Kier alpha value is -4.22. The van der Waals surface area contributed by atoms with E-state index in [1.807, 2.05) is 27.7 Å². The Kier molecular flexibility index (Phi) is 5.85. The maximum atomic E-state index is 14.2. The molecule has 3 N–H and O–H groups in total. The number of aromatic nitrogens is 6. The van der Waals surface area contributed by atoms with E-state index in [9.17, 15) is 9.18 Å². The van der Waals surface area contributed by atoms with Crippen molar-refractivity contribution in [3.05, 3.63) is 41.9 Å². The SMILES string of the molecule is CC(=O)N1CCCC(CCn2c(Cc3cc4c(cc3-c3cc[nH]n3)OCO4)nc3c(N)nc(F)nc32)C1. The Morgan fingerprint density at radius 1 is 1.24 bits per heavy atom. The van der Waals surface area contributed by atoms with Crippen molar-refractivity contribution in [3.63, 3.8) is 0 Å². The number of aromatic amines is 1. The number of nitrogens with zero attached hydrogens (tertiary/aromatic N) is 6. The second-order valence-electron chi connectivity index (χ2n) is 9.49. The molecule has 0 aliphatic carbocycles. The zero-order chi connectivity index (χ0) is 25.5. The number of likely N-dealkylation sites (tertiary alicyclic amines) is 1. The van der Waals surface area contributed by atoms with Crippen LogP contribution in [0.2, 0.25) is 0 Å². The molecule has 1 saturated heterocycles. The molecule has 11 nitrogen and oxygen atoms in total. The molecule has 0 bridgehead atoms. The standard InChI is InChI=1S/C25H27FN8O3/c1-14(35)33-7-2-3-15(12-33)5-8-34-21(29-22-23(27)30-25(26)31-24(22)34)10-16-9-19-20(37-13-36-19)11-17(16)18-4-6-28-32-18/h4,6,9,11,15H,2-3,5,7-8,10,12-13H2,1H3,(H,28,32)(H2,27,30,31). The number of aryl methyl sites for hydroxylation is 1. The first-order valence-electron chi connectivity index (χ1n) is 12.3. The Balaban J connectivity index is 1.37. The van der Waals surface area contributed by atoms with Crippen molar-refractivity contribution in [2.24, 2.45) is 5.92 Å². The number of hydrogen-bond donors (Lipinski definition) is 2. The highest BCUT2D eigenvalue weighted by Crippen LogP contribution is 2.39. The third kappa shape index (κ3) is 4.43. The Morgan fingerprint density at radius 3 is 2.86 bits per heavy atom. The van der Waals surface area contributed by atoms with E-state index in [1.54, 1.807) is 13.1 Å². The number of piperidine rings is 1. The minimum absolute atomic E-state index is 0.00105. The maximum Gasteiger partial charge on any atom is 0.312 e. The summed E-state index contributed by atoms with van der Waals surface area (Å²) < 4.78 is 27.4. The summed E-state index contributed by atoms with van der Waals surface area (Å²) in [6.45, 7) is 3.82. The number of carbonyl (C=O) groups is 1. The van der Waals surface area contributed by atoms with E-state index >= 15 is 0 Å². The molecule has 192 valence electrons. The number of nitrogens with one attached hydrogen (secondary N) is 1. The first-order chi connectivity index (χ1) is 18.0. The molecule has 12 heteroatoms. The zero-order valence-electron chi connectivity index (χ0n) is 20.4. The number of nitrogens with two attached hydrogens (primary N) is 1. The molecule has 0 saturated carbocycles. The van der Waals surface area contributed by atoms with Gasteiger partial charge in [-0.3, -0.25) is 9.89 Å². The average molecular weight is 507 g/mol. The van der Waals surface area contributed by atoms with Crippen LogP contribution in [0.25, 0.3) is 22.4 Å². The Bertz CT molecular complexity index is 1470. The summed E-state index contributed by atoms with van der Waals surface area (Å²) in [7, 11) is 0. The van der Waals surface area contributed by atoms with E-state index in [4.69, 9.17) is 20.2 Å². The third-order valence-corrected chi connectivity index (χ3v) is 7.12. The van der Waals surface area contributed by atoms with Crippen LogP contribution in [0, 0.1) is 12.0 Å². The van der Waals surface area contributed by atoms with Crippen molar-refractivity contribution < 1.29 is 18.7 Å². The van der Waals surface area contributed by atoms with Gasteiger partial charge in [0.2, 0.25) is 12.7 Å². The van der Waals surface area contributed by atoms with E-state index in [-0.39, 0.29) is 18.5 Å². The van der Waals surface area contributed by atoms with Gasteiger partial charge in [0.05, 0.1) is 5.69 Å². The summed E-state index contributed by atoms with van der Waals surface area (Å²) in [5.41, 5.74) is 9.32. The van der Waals surface area contributed by atoms with Gasteiger partial charge in [-0.05, 0) is 48.9 Å². The molecule has 1 amide bonds. The fourth-order valence-corrected chi connectivity index (χ4v) is 5.26. The van der Waals surface area contributed by atoms with Gasteiger partial charge < -0.3 is 24.7 Å². The topological polar surface area (TPSA) is 137 Å². The third-order valence-electron chi connectivity index (χ3n) is 7.12. The Labute approximate surface area is 211 Å². The van der Waals surface area contributed by atoms with Crippen molar-refractivity contribution in [1.82, 2.24) is 34.6 Å². The fourth-order valence-electron chi connectivity index (χ4n) is 5.26. The summed E-state index contributed by atoms with van der Waals surface area (Å²) in [5, 5.41) is 7.21. The van der Waals surface area contributed by atoms with Crippen LogP contribution >= 0.6 is 0 Å². The summed E-state index contributed by atoms with van der Waals surface area (Å²) in [6.07, 6.45) is 4.06. The van der Waals surface area contributed by atoms with Gasteiger partial charge in [-0.15, -0.1) is 0 Å². The Morgan fingerprint density at radius 2 is 2.08 bits per heavy atom. The number of amides is 1. The van der Waals surface area contributed by atoms with Crippen LogP contribution in [0.15, 0.2) is 24.4 Å². The van der Waals surface area contributed by atoms with Gasteiger partial charge >= 0.3 is 6.08 Å². The number of carbonyl (C=O) groups excluding carboxylic acids is 1. The van der Waals surface area contributed by atoms with Crippen LogP contribution < -0.4 is 15.2 Å². The molecule has 0 radical (unpaired) electrons. The van der Waals surface area contributed by atoms with Crippen LogP contribution in [0.4, 0.5) is 10.2 Å². The molecule has 4 aromatic rings. The molecule has 1 aromatic carbocycles. The van der Waals surface area contributed by atoms with Crippen LogP contribution in [0.3, 0.4) is 0 Å². The lowest BCUT2D eigenvalue weighted by molar-refractivity contribution is -0.130. The highest BCUT2D eigenvalue weighted by atomic mass is 19.1. The second kappa shape index (κ2) is 9.34. The van der Waals surface area contributed by atoms with Gasteiger partial charge in [-0.1, -0.05) is 0 Å². The van der Waals surface area contributed by atoms with Gasteiger partial charge in [0.1, 0.15) is 5.82 Å². The minimum atomic E-state index is -0.890. The smallest absolute Gasteiger partial charge is 0.312 e. The van der Waals surface area contributed by atoms with Crippen LogP contribution in [0.1, 0.15) is 37.6 Å². The highest BCUT2D eigenvalue weighted by molar-refractivity contribution is 5.82. The number of halogens is 1. The zero-order valence-corrected chi connectivity index (χ0v) is 20.4. The molecule has 2 aliphatic heterocycles. The summed E-state index contributed by atoms with van der Waals surface area (Å²) in [4.78, 5) is 26.3. The minimum Gasteiger partial charge on any atom is -0.454 e. The van der Waals surface area contributed by atoms with Crippen molar-refractivity contribution in [1.29, 1.82) is 0 Å². The average Bonchev–Trinajstić information content (AvgIpc) is 3.63. The molecular weight excluding hydrogens is 479 g/mol. The van der Waals surface area contributed by atoms with Crippen LogP contribution in [-0.4, -0.2) is 60.4 Å².